The van der Waals surface area contributed by atoms with Gasteiger partial charge in [0.05, 0.1) is 0 Å². The fourth-order valence-corrected chi connectivity index (χ4v) is 1.50. The van der Waals surface area contributed by atoms with Gasteiger partial charge in [-0.3, -0.25) is 8.80 Å². The Bertz CT molecular complexity index is 29.3. The molecule has 0 aliphatic heterocycles. The van der Waals surface area contributed by atoms with Gasteiger partial charge >= 0.3 is 29.6 Å². The monoisotopic (exact) mass is 124 g/mol. The van der Waals surface area contributed by atoms with Crippen LogP contribution in [0.15, 0.2) is 0 Å². The third-order valence-corrected chi connectivity index (χ3v) is 2.25. The Hall–Kier alpha value is 1.22. The molecule has 0 saturated carbocycles. The van der Waals surface area contributed by atoms with Crippen LogP contribution in [0.5, 0.6) is 0 Å². The zero-order valence-corrected chi connectivity index (χ0v) is 8.91. The van der Waals surface area contributed by atoms with Gasteiger partial charge in [0.1, 0.15) is 0 Å². The van der Waals surface area contributed by atoms with E-state index in [9.17, 15) is 0 Å². The average molecular weight is 124 g/mol. The van der Waals surface area contributed by atoms with Crippen LogP contribution >= 0.6 is 0 Å². The minimum absolute atomic E-state index is 0. The summed E-state index contributed by atoms with van der Waals surface area (Å²) in [6, 6.07) is 1.48. The van der Waals surface area contributed by atoms with E-state index in [4.69, 9.17) is 0 Å². The molecule has 0 unspecified atom stereocenters. The molecule has 0 aromatic rings. The van der Waals surface area contributed by atoms with Gasteiger partial charge in [-0.15, -0.1) is 0 Å². The zero-order valence-electron chi connectivity index (χ0n) is 5.91. The first-order valence-corrected chi connectivity index (χ1v) is 5.27. The SMILES string of the molecule is CCC[Si-](C)C.[Na+]. The van der Waals surface area contributed by atoms with Gasteiger partial charge in [0.25, 0.3) is 0 Å². The molecule has 38 valence electrons. The molecule has 0 radical (unpaired) electrons. The Morgan fingerprint density at radius 1 is 1.29 bits per heavy atom. The predicted molar refractivity (Wildman–Crippen MR) is 32.6 cm³/mol. The first-order valence-electron chi connectivity index (χ1n) is 2.56. The van der Waals surface area contributed by atoms with Crippen LogP contribution in [0.4, 0.5) is 0 Å². The Kier molecular flexibility index (Phi) is 11.4. The second-order valence-corrected chi connectivity index (χ2v) is 4.87. The quantitative estimate of drug-likeness (QED) is 0.421. The largest absolute Gasteiger partial charge is 1.00 e. The Labute approximate surface area is 70.6 Å². The van der Waals surface area contributed by atoms with Crippen molar-refractivity contribution < 1.29 is 29.6 Å². The topological polar surface area (TPSA) is 0 Å². The van der Waals surface area contributed by atoms with Crippen LogP contribution in [-0.2, 0) is 0 Å². The van der Waals surface area contributed by atoms with E-state index < -0.39 is 0 Å². The number of hydrogen-bond donors (Lipinski definition) is 0. The van der Waals surface area contributed by atoms with Crippen LogP contribution in [0.25, 0.3) is 0 Å². The smallest absolute Gasteiger partial charge is 0.267 e. The molecule has 0 aliphatic rings. The van der Waals surface area contributed by atoms with Gasteiger partial charge in [0, 0.05) is 0 Å². The molecule has 2 heteroatoms. The van der Waals surface area contributed by atoms with Gasteiger partial charge in [0.2, 0.25) is 0 Å². The van der Waals surface area contributed by atoms with E-state index in [0.29, 0.717) is 0 Å². The first kappa shape index (κ1) is 11.1. The van der Waals surface area contributed by atoms with Crippen molar-refractivity contribution in [2.75, 3.05) is 0 Å². The number of hydrogen-bond acceptors (Lipinski definition) is 0. The van der Waals surface area contributed by atoms with Crippen molar-refractivity contribution >= 4 is 8.80 Å². The molecule has 0 saturated heterocycles. The van der Waals surface area contributed by atoms with Crippen molar-refractivity contribution in [1.82, 2.24) is 0 Å². The zero-order chi connectivity index (χ0) is 4.99. The van der Waals surface area contributed by atoms with Crippen molar-refractivity contribution in [3.63, 3.8) is 0 Å². The van der Waals surface area contributed by atoms with Crippen LogP contribution < -0.4 is 29.6 Å². The minimum Gasteiger partial charge on any atom is -0.267 e. The predicted octanol–water partition coefficient (Wildman–Crippen LogP) is -0.845. The molecule has 0 N–H and O–H groups in total. The third-order valence-electron chi connectivity index (χ3n) is 0.750. The van der Waals surface area contributed by atoms with Gasteiger partial charge in [-0.1, -0.05) is 13.3 Å². The van der Waals surface area contributed by atoms with Crippen LogP contribution in [0.2, 0.25) is 19.1 Å². The Balaban J connectivity index is 0. The van der Waals surface area contributed by atoms with Crippen LogP contribution in [-0.4, -0.2) is 8.80 Å². The van der Waals surface area contributed by atoms with Crippen LogP contribution in [0, 0.1) is 0 Å². The fourth-order valence-electron chi connectivity index (χ4n) is 0.500. The third kappa shape index (κ3) is 11.0. The molecule has 0 amide bonds. The van der Waals surface area contributed by atoms with Gasteiger partial charge in [-0.25, -0.2) is 0 Å². The summed E-state index contributed by atoms with van der Waals surface area (Å²) in [6.45, 7) is 6.96. The van der Waals surface area contributed by atoms with Crippen LogP contribution in [0.3, 0.4) is 0 Å². The minimum atomic E-state index is 0. The maximum Gasteiger partial charge on any atom is 1.00 e. The molecule has 0 aromatic heterocycles. The first-order chi connectivity index (χ1) is 2.77. The molecule has 7 heavy (non-hydrogen) atoms. The molecular formula is C5H13NaSi. The molecule has 0 aliphatic carbocycles. The van der Waals surface area contributed by atoms with E-state index in [0.717, 1.165) is 0 Å². The molecule has 0 atom stereocenters. The normalized spacial score (nSPS) is 8.57. The van der Waals surface area contributed by atoms with Crippen LogP contribution in [0.1, 0.15) is 13.3 Å². The molecule has 0 bridgehead atoms. The summed E-state index contributed by atoms with van der Waals surface area (Å²) in [6.07, 6.45) is 1.38. The van der Waals surface area contributed by atoms with Crippen molar-refractivity contribution in [1.29, 1.82) is 0 Å². The Morgan fingerprint density at radius 2 is 1.71 bits per heavy atom. The maximum absolute atomic E-state index is 2.36. The van der Waals surface area contributed by atoms with Crippen molar-refractivity contribution in [3.8, 4) is 0 Å². The molecule has 0 fully saturated rings. The summed E-state index contributed by atoms with van der Waals surface area (Å²) in [7, 11) is 0.114. The maximum atomic E-state index is 2.36. The molecule has 0 spiro atoms. The molecule has 0 nitrogen and oxygen atoms in total. The summed E-state index contributed by atoms with van der Waals surface area (Å²) in [5.74, 6) is 0. The van der Waals surface area contributed by atoms with E-state index in [1.807, 2.05) is 0 Å². The van der Waals surface area contributed by atoms with Crippen molar-refractivity contribution in [2.24, 2.45) is 0 Å². The summed E-state index contributed by atoms with van der Waals surface area (Å²) in [4.78, 5) is 0. The van der Waals surface area contributed by atoms with E-state index in [2.05, 4.69) is 20.0 Å². The van der Waals surface area contributed by atoms with Gasteiger partial charge < -0.3 is 0 Å². The van der Waals surface area contributed by atoms with E-state index >= 15 is 0 Å². The van der Waals surface area contributed by atoms with Gasteiger partial charge in [-0.2, -0.15) is 19.1 Å². The fraction of sp³-hybridized carbons (Fsp3) is 1.00. The van der Waals surface area contributed by atoms with E-state index in [-0.39, 0.29) is 38.4 Å². The van der Waals surface area contributed by atoms with Gasteiger partial charge in [-0.05, 0) is 0 Å². The summed E-state index contributed by atoms with van der Waals surface area (Å²) >= 11 is 0. The summed E-state index contributed by atoms with van der Waals surface area (Å²) in [5, 5.41) is 0. The van der Waals surface area contributed by atoms with E-state index in [1.165, 1.54) is 12.5 Å². The number of rotatable bonds is 2. The Morgan fingerprint density at radius 3 is 1.71 bits per heavy atom. The second-order valence-electron chi connectivity index (χ2n) is 1.96. The molecule has 0 aromatic carbocycles. The van der Waals surface area contributed by atoms with Gasteiger partial charge in [0.15, 0.2) is 0 Å². The average Bonchev–Trinajstić information content (AvgIpc) is 1.35. The van der Waals surface area contributed by atoms with Crippen molar-refractivity contribution in [2.45, 2.75) is 32.5 Å². The molecule has 0 heterocycles. The van der Waals surface area contributed by atoms with E-state index in [1.54, 1.807) is 0 Å². The van der Waals surface area contributed by atoms with Crippen molar-refractivity contribution in [3.05, 3.63) is 0 Å². The molecule has 0 rings (SSSR count). The summed E-state index contributed by atoms with van der Waals surface area (Å²) < 4.78 is 0. The standard InChI is InChI=1S/C5H13Si.Na/c1-4-5-6(2)3;/h4-5H2,1-3H3;/q-1;+1. The second kappa shape index (κ2) is 7.22. The molecular weight excluding hydrogens is 111 g/mol. The summed E-state index contributed by atoms with van der Waals surface area (Å²) in [5.41, 5.74) is 0.